The molecule has 2 aromatic rings. The van der Waals surface area contributed by atoms with Gasteiger partial charge in [-0.25, -0.2) is 22.7 Å². The Labute approximate surface area is 169 Å². The van der Waals surface area contributed by atoms with Crippen molar-refractivity contribution in [3.63, 3.8) is 0 Å². The highest BCUT2D eigenvalue weighted by atomic mass is 35.5. The van der Waals surface area contributed by atoms with Gasteiger partial charge in [0.15, 0.2) is 0 Å². The third kappa shape index (κ3) is 6.02. The molecule has 3 rings (SSSR count). The van der Waals surface area contributed by atoms with Crippen LogP contribution in [0.5, 0.6) is 5.88 Å². The molecule has 0 atom stereocenters. The molecule has 0 unspecified atom stereocenters. The molecule has 1 fully saturated rings. The zero-order chi connectivity index (χ0) is 20.0. The van der Waals surface area contributed by atoms with Crippen molar-refractivity contribution in [1.29, 1.82) is 0 Å². The van der Waals surface area contributed by atoms with E-state index in [4.69, 9.17) is 16.3 Å². The molecule has 0 radical (unpaired) electrons. The number of imidazole rings is 1. The van der Waals surface area contributed by atoms with Gasteiger partial charge < -0.3 is 9.72 Å². The van der Waals surface area contributed by atoms with E-state index in [-0.39, 0.29) is 18.3 Å². The Morgan fingerprint density at radius 3 is 2.71 bits per heavy atom. The lowest BCUT2D eigenvalue weighted by atomic mass is 10.1. The van der Waals surface area contributed by atoms with Crippen LogP contribution in [0.4, 0.5) is 0 Å². The lowest BCUT2D eigenvalue weighted by Gasteiger charge is -2.31. The maximum absolute atomic E-state index is 12.5. The van der Waals surface area contributed by atoms with Crippen LogP contribution < -0.4 is 4.74 Å². The Hall–Kier alpha value is -1.97. The van der Waals surface area contributed by atoms with Gasteiger partial charge in [0.2, 0.25) is 15.9 Å². The molecular weight excluding hydrogens is 404 g/mol. The number of Topliss-reactive ketones (excluding diaryl/α,β-unsaturated/α-hetero) is 1. The van der Waals surface area contributed by atoms with E-state index >= 15 is 0 Å². The first-order valence-corrected chi connectivity index (χ1v) is 11.2. The number of carbonyl (C=O) groups is 1. The Balaban J connectivity index is 1.41. The molecule has 0 bridgehead atoms. The lowest BCUT2D eigenvalue weighted by Crippen LogP contribution is -2.43. The van der Waals surface area contributed by atoms with Crippen LogP contribution in [0.2, 0.25) is 5.02 Å². The van der Waals surface area contributed by atoms with E-state index in [1.807, 2.05) is 0 Å². The summed E-state index contributed by atoms with van der Waals surface area (Å²) in [6, 6.07) is 3.38. The van der Waals surface area contributed by atoms with E-state index in [0.29, 0.717) is 49.7 Å². The van der Waals surface area contributed by atoms with Crippen molar-refractivity contribution < 1.29 is 17.9 Å². The molecule has 152 valence electrons. The number of hydrogen-bond acceptors (Lipinski definition) is 6. The number of halogens is 1. The van der Waals surface area contributed by atoms with E-state index in [9.17, 15) is 13.2 Å². The van der Waals surface area contributed by atoms with Gasteiger partial charge in [-0.05, 0) is 25.3 Å². The van der Waals surface area contributed by atoms with Crippen molar-refractivity contribution in [2.75, 3.05) is 18.8 Å². The number of sulfonamides is 1. The van der Waals surface area contributed by atoms with Crippen LogP contribution in [0.3, 0.4) is 0 Å². The molecule has 2 aromatic heterocycles. The average molecular weight is 427 g/mol. The summed E-state index contributed by atoms with van der Waals surface area (Å²) in [5.74, 6) is 0.552. The van der Waals surface area contributed by atoms with Crippen molar-refractivity contribution in [2.24, 2.45) is 0 Å². The van der Waals surface area contributed by atoms with Crippen LogP contribution >= 0.6 is 11.6 Å². The second-order valence-corrected chi connectivity index (χ2v) is 9.12. The van der Waals surface area contributed by atoms with Gasteiger partial charge in [0.1, 0.15) is 23.5 Å². The summed E-state index contributed by atoms with van der Waals surface area (Å²) in [6.45, 7) is 0.667. The number of pyridine rings is 1. The number of rotatable bonds is 9. The number of hydrogen-bond donors (Lipinski definition) is 1. The molecular formula is C18H23ClN4O4S. The van der Waals surface area contributed by atoms with Crippen molar-refractivity contribution in [1.82, 2.24) is 19.3 Å². The van der Waals surface area contributed by atoms with E-state index < -0.39 is 15.8 Å². The van der Waals surface area contributed by atoms with Crippen LogP contribution in [0.1, 0.15) is 31.5 Å². The van der Waals surface area contributed by atoms with Crippen LogP contribution in [-0.2, 0) is 21.2 Å². The number of ketones is 1. The number of aromatic amines is 1. The fraction of sp³-hybridized carbons (Fsp3) is 0.500. The number of nitrogens with one attached hydrogen (secondary N) is 1. The highest BCUT2D eigenvalue weighted by Crippen LogP contribution is 2.20. The summed E-state index contributed by atoms with van der Waals surface area (Å²) in [5, 5.41) is 0.530. The molecule has 0 aromatic carbocycles. The number of nitrogens with zero attached hydrogens (tertiary/aromatic N) is 3. The van der Waals surface area contributed by atoms with Gasteiger partial charge in [-0.2, -0.15) is 0 Å². The largest absolute Gasteiger partial charge is 0.474 e. The zero-order valence-corrected chi connectivity index (χ0v) is 17.0. The molecule has 0 amide bonds. The van der Waals surface area contributed by atoms with E-state index in [2.05, 4.69) is 15.0 Å². The van der Waals surface area contributed by atoms with Crippen LogP contribution in [-0.4, -0.2) is 58.4 Å². The Bertz CT molecular complexity index is 864. The minimum Gasteiger partial charge on any atom is -0.474 e. The standard InChI is InChI=1S/C18H23ClN4O4S/c19-14-4-5-18(22-12-14)27-16-6-10-23(11-7-16)28(25,26)13-15(24)2-1-3-17-20-8-9-21-17/h4-5,8-9,12,16H,1-3,6-7,10-11,13H2,(H,20,21). The maximum atomic E-state index is 12.5. The van der Waals surface area contributed by atoms with Gasteiger partial charge in [-0.15, -0.1) is 0 Å². The zero-order valence-electron chi connectivity index (χ0n) is 15.4. The summed E-state index contributed by atoms with van der Waals surface area (Å²) in [7, 11) is -3.60. The predicted octanol–water partition coefficient (Wildman–Crippen LogP) is 2.22. The number of ether oxygens (including phenoxy) is 1. The molecule has 0 aliphatic carbocycles. The molecule has 1 N–H and O–H groups in total. The van der Waals surface area contributed by atoms with E-state index in [0.717, 1.165) is 5.82 Å². The summed E-state index contributed by atoms with van der Waals surface area (Å²) < 4.78 is 32.2. The monoisotopic (exact) mass is 426 g/mol. The van der Waals surface area contributed by atoms with Crippen molar-refractivity contribution in [3.05, 3.63) is 41.6 Å². The third-order valence-electron chi connectivity index (χ3n) is 4.55. The fourth-order valence-electron chi connectivity index (χ4n) is 3.09. The molecule has 28 heavy (non-hydrogen) atoms. The molecule has 3 heterocycles. The second-order valence-electron chi connectivity index (χ2n) is 6.72. The van der Waals surface area contributed by atoms with E-state index in [1.165, 1.54) is 10.5 Å². The smallest absolute Gasteiger partial charge is 0.221 e. The van der Waals surface area contributed by atoms with E-state index in [1.54, 1.807) is 24.5 Å². The first-order valence-electron chi connectivity index (χ1n) is 9.18. The van der Waals surface area contributed by atoms with Gasteiger partial charge in [0.05, 0.1) is 5.02 Å². The maximum Gasteiger partial charge on any atom is 0.221 e. The average Bonchev–Trinajstić information content (AvgIpc) is 3.17. The summed E-state index contributed by atoms with van der Waals surface area (Å²) in [5.41, 5.74) is 0. The normalized spacial score (nSPS) is 16.2. The van der Waals surface area contributed by atoms with Gasteiger partial charge in [0, 0.05) is 50.6 Å². The quantitative estimate of drug-likeness (QED) is 0.659. The summed E-state index contributed by atoms with van der Waals surface area (Å²) >= 11 is 5.80. The Kier molecular flexibility index (Phi) is 7.03. The van der Waals surface area contributed by atoms with Crippen LogP contribution in [0.25, 0.3) is 0 Å². The van der Waals surface area contributed by atoms with Crippen molar-refractivity contribution >= 4 is 27.4 Å². The van der Waals surface area contributed by atoms with Crippen LogP contribution in [0, 0.1) is 0 Å². The number of piperidine rings is 1. The molecule has 1 saturated heterocycles. The topological polar surface area (TPSA) is 105 Å². The Morgan fingerprint density at radius 1 is 1.29 bits per heavy atom. The number of aromatic nitrogens is 3. The van der Waals surface area contributed by atoms with Gasteiger partial charge >= 0.3 is 0 Å². The minimum atomic E-state index is -3.60. The van der Waals surface area contributed by atoms with Crippen molar-refractivity contribution in [2.45, 2.75) is 38.2 Å². The van der Waals surface area contributed by atoms with Gasteiger partial charge in [-0.1, -0.05) is 11.6 Å². The fourth-order valence-corrected chi connectivity index (χ4v) is 4.70. The molecule has 0 saturated carbocycles. The third-order valence-corrected chi connectivity index (χ3v) is 6.61. The highest BCUT2D eigenvalue weighted by molar-refractivity contribution is 7.89. The molecule has 10 heteroatoms. The molecule has 1 aliphatic rings. The molecule has 1 aliphatic heterocycles. The summed E-state index contributed by atoms with van der Waals surface area (Å²) in [4.78, 5) is 23.2. The summed E-state index contributed by atoms with van der Waals surface area (Å²) in [6.07, 6.45) is 7.30. The second kappa shape index (κ2) is 9.49. The van der Waals surface area contributed by atoms with Crippen LogP contribution in [0.15, 0.2) is 30.7 Å². The SMILES string of the molecule is O=C(CCCc1ncc[nH]1)CS(=O)(=O)N1CCC(Oc2ccc(Cl)cn2)CC1. The molecule has 8 nitrogen and oxygen atoms in total. The Morgan fingerprint density at radius 2 is 2.07 bits per heavy atom. The van der Waals surface area contributed by atoms with Gasteiger partial charge in [0.25, 0.3) is 0 Å². The first-order chi connectivity index (χ1) is 13.4. The van der Waals surface area contributed by atoms with Crippen molar-refractivity contribution in [3.8, 4) is 5.88 Å². The minimum absolute atomic E-state index is 0.107. The molecule has 0 spiro atoms. The lowest BCUT2D eigenvalue weighted by molar-refractivity contribution is -0.116. The van der Waals surface area contributed by atoms with Gasteiger partial charge in [-0.3, -0.25) is 4.79 Å². The highest BCUT2D eigenvalue weighted by Gasteiger charge is 2.30. The number of carbonyl (C=O) groups excluding carboxylic acids is 1. The number of aryl methyl sites for hydroxylation is 1. The predicted molar refractivity (Wildman–Crippen MR) is 105 cm³/mol. The number of H-pyrrole nitrogens is 1. The first kappa shape index (κ1) is 20.8.